The predicted molar refractivity (Wildman–Crippen MR) is 133 cm³/mol. The number of amides is 1. The highest BCUT2D eigenvalue weighted by molar-refractivity contribution is 5.65. The van der Waals surface area contributed by atoms with Gasteiger partial charge in [-0.25, -0.2) is 13.6 Å². The number of hydrogen-bond acceptors (Lipinski definition) is 3. The van der Waals surface area contributed by atoms with E-state index in [4.69, 9.17) is 0 Å². The molecule has 1 amide bonds. The van der Waals surface area contributed by atoms with Crippen molar-refractivity contribution >= 4 is 6.09 Å². The SMILES string of the molecule is C=C1CCCC(NCC(O)C(Cc2cc(F)cc(F)c2)NC(=O)O)(c2cccc(C(C)(C)C)c2)C1. The molecule has 0 aromatic heterocycles. The summed E-state index contributed by atoms with van der Waals surface area (Å²) in [5.41, 5.74) is 3.21. The number of aliphatic hydroxyl groups is 1. The molecule has 0 heterocycles. The van der Waals surface area contributed by atoms with E-state index in [-0.39, 0.29) is 23.9 Å². The Morgan fingerprint density at radius 3 is 2.46 bits per heavy atom. The van der Waals surface area contributed by atoms with E-state index in [9.17, 15) is 23.8 Å². The average molecular weight is 487 g/mol. The van der Waals surface area contributed by atoms with Crippen LogP contribution in [0.3, 0.4) is 0 Å². The second kappa shape index (κ2) is 10.9. The summed E-state index contributed by atoms with van der Waals surface area (Å²) in [5.74, 6) is -1.50. The Balaban J connectivity index is 1.84. The number of carbonyl (C=O) groups is 1. The van der Waals surface area contributed by atoms with Crippen molar-refractivity contribution in [1.29, 1.82) is 0 Å². The van der Waals surface area contributed by atoms with Gasteiger partial charge in [-0.15, -0.1) is 0 Å². The predicted octanol–water partition coefficient (Wildman–Crippen LogP) is 5.42. The van der Waals surface area contributed by atoms with E-state index in [1.54, 1.807) is 0 Å². The first-order valence-corrected chi connectivity index (χ1v) is 12.0. The van der Waals surface area contributed by atoms with Crippen molar-refractivity contribution in [3.05, 3.63) is 82.9 Å². The number of aliphatic hydroxyl groups excluding tert-OH is 1. The molecule has 0 spiro atoms. The fraction of sp³-hybridized carbons (Fsp3) is 0.464. The fourth-order valence-electron chi connectivity index (χ4n) is 4.89. The van der Waals surface area contributed by atoms with Crippen molar-refractivity contribution in [3.8, 4) is 0 Å². The zero-order valence-electron chi connectivity index (χ0n) is 20.7. The van der Waals surface area contributed by atoms with Gasteiger partial charge in [-0.1, -0.05) is 57.2 Å². The van der Waals surface area contributed by atoms with Crippen LogP contribution >= 0.6 is 0 Å². The summed E-state index contributed by atoms with van der Waals surface area (Å²) in [5, 5.41) is 26.1. The van der Waals surface area contributed by atoms with Gasteiger partial charge in [0.2, 0.25) is 0 Å². The van der Waals surface area contributed by atoms with Gasteiger partial charge in [0.25, 0.3) is 0 Å². The summed E-state index contributed by atoms with van der Waals surface area (Å²) in [7, 11) is 0. The summed E-state index contributed by atoms with van der Waals surface area (Å²) in [4.78, 5) is 11.4. The standard InChI is InChI=1S/C28H36F2N2O3/c1-18-7-6-10-28(16-18,21-9-5-8-20(14-21)27(2,3)4)31-17-25(33)24(32-26(34)35)13-19-11-22(29)15-23(30)12-19/h5,8-9,11-12,14-15,24-25,31-33H,1,6-7,10,13,16-17H2,2-4H3,(H,34,35). The largest absolute Gasteiger partial charge is 0.465 e. The molecule has 2 aromatic rings. The Morgan fingerprint density at radius 2 is 1.86 bits per heavy atom. The highest BCUT2D eigenvalue weighted by atomic mass is 19.1. The zero-order chi connectivity index (χ0) is 25.8. The molecule has 0 aliphatic heterocycles. The van der Waals surface area contributed by atoms with Crippen molar-refractivity contribution in [2.24, 2.45) is 0 Å². The quantitative estimate of drug-likeness (QED) is 0.376. The molecular formula is C28H36F2N2O3. The second-order valence-electron chi connectivity index (χ2n) is 10.7. The van der Waals surface area contributed by atoms with Gasteiger partial charge in [0, 0.05) is 18.2 Å². The van der Waals surface area contributed by atoms with E-state index in [0.29, 0.717) is 6.42 Å². The van der Waals surface area contributed by atoms with E-state index in [1.165, 1.54) is 5.56 Å². The van der Waals surface area contributed by atoms with Crippen molar-refractivity contribution < 1.29 is 23.8 Å². The molecule has 1 aliphatic carbocycles. The molecule has 2 aromatic carbocycles. The molecule has 3 atom stereocenters. The molecule has 0 bridgehead atoms. The molecule has 1 saturated carbocycles. The number of hydrogen-bond donors (Lipinski definition) is 4. The van der Waals surface area contributed by atoms with Crippen LogP contribution in [0.25, 0.3) is 0 Å². The molecule has 3 rings (SSSR count). The first-order valence-electron chi connectivity index (χ1n) is 12.0. The van der Waals surface area contributed by atoms with Gasteiger partial charge in [-0.2, -0.15) is 0 Å². The van der Waals surface area contributed by atoms with Crippen molar-refractivity contribution in [2.45, 2.75) is 76.0 Å². The molecule has 190 valence electrons. The molecule has 5 nitrogen and oxygen atoms in total. The molecule has 35 heavy (non-hydrogen) atoms. The first-order chi connectivity index (χ1) is 16.4. The van der Waals surface area contributed by atoms with Gasteiger partial charge in [0.1, 0.15) is 11.6 Å². The van der Waals surface area contributed by atoms with Crippen molar-refractivity contribution in [3.63, 3.8) is 0 Å². The third-order valence-corrected chi connectivity index (χ3v) is 6.77. The van der Waals surface area contributed by atoms with Crippen molar-refractivity contribution in [1.82, 2.24) is 10.6 Å². The lowest BCUT2D eigenvalue weighted by Crippen LogP contribution is -2.53. The third-order valence-electron chi connectivity index (χ3n) is 6.77. The minimum absolute atomic E-state index is 0.0286. The normalized spacial score (nSPS) is 20.3. The highest BCUT2D eigenvalue weighted by Gasteiger charge is 2.36. The van der Waals surface area contributed by atoms with Gasteiger partial charge in [-0.3, -0.25) is 0 Å². The van der Waals surface area contributed by atoms with Crippen LogP contribution in [0.5, 0.6) is 0 Å². The summed E-state index contributed by atoms with van der Waals surface area (Å²) < 4.78 is 27.3. The minimum Gasteiger partial charge on any atom is -0.465 e. The third kappa shape index (κ3) is 7.12. The van der Waals surface area contributed by atoms with Crippen molar-refractivity contribution in [2.75, 3.05) is 6.54 Å². The lowest BCUT2D eigenvalue weighted by molar-refractivity contribution is 0.103. The van der Waals surface area contributed by atoms with E-state index < -0.39 is 35.4 Å². The second-order valence-corrected chi connectivity index (χ2v) is 10.7. The smallest absolute Gasteiger partial charge is 0.404 e. The summed E-state index contributed by atoms with van der Waals surface area (Å²) in [6.07, 6.45) is 0.946. The average Bonchev–Trinajstić information content (AvgIpc) is 2.75. The van der Waals surface area contributed by atoms with Crippen LogP contribution in [-0.4, -0.2) is 35.0 Å². The maximum Gasteiger partial charge on any atom is 0.404 e. The van der Waals surface area contributed by atoms with E-state index in [2.05, 4.69) is 56.2 Å². The molecular weight excluding hydrogens is 450 g/mol. The van der Waals surface area contributed by atoms with Gasteiger partial charge in [0.15, 0.2) is 0 Å². The van der Waals surface area contributed by atoms with E-state index >= 15 is 0 Å². The molecule has 7 heteroatoms. The van der Waals surface area contributed by atoms with Crippen LogP contribution in [0.15, 0.2) is 54.6 Å². The minimum atomic E-state index is -1.32. The van der Waals surface area contributed by atoms with Gasteiger partial charge >= 0.3 is 6.09 Å². The Hall–Kier alpha value is -2.77. The van der Waals surface area contributed by atoms with Crippen LogP contribution in [0.4, 0.5) is 13.6 Å². The number of nitrogens with one attached hydrogen (secondary N) is 2. The van der Waals surface area contributed by atoms with Gasteiger partial charge in [0.05, 0.1) is 12.1 Å². The first kappa shape index (κ1) is 26.8. The highest BCUT2D eigenvalue weighted by Crippen LogP contribution is 2.40. The Kier molecular flexibility index (Phi) is 8.34. The van der Waals surface area contributed by atoms with Crippen LogP contribution in [0.2, 0.25) is 0 Å². The van der Waals surface area contributed by atoms with Crippen LogP contribution in [0.1, 0.15) is 63.1 Å². The fourth-order valence-corrected chi connectivity index (χ4v) is 4.89. The molecule has 4 N–H and O–H groups in total. The lowest BCUT2D eigenvalue weighted by atomic mass is 9.73. The van der Waals surface area contributed by atoms with E-state index in [1.807, 2.05) is 6.07 Å². The Labute approximate surface area is 206 Å². The lowest BCUT2D eigenvalue weighted by Gasteiger charge is -2.41. The molecule has 0 saturated heterocycles. The monoisotopic (exact) mass is 486 g/mol. The summed E-state index contributed by atoms with van der Waals surface area (Å²) >= 11 is 0. The molecule has 1 fully saturated rings. The van der Waals surface area contributed by atoms with Gasteiger partial charge in [-0.05, 0) is 66.3 Å². The molecule has 1 aliphatic rings. The Bertz CT molecular complexity index is 1050. The molecule has 3 unspecified atom stereocenters. The Morgan fingerprint density at radius 1 is 1.17 bits per heavy atom. The van der Waals surface area contributed by atoms with E-state index in [0.717, 1.165) is 48.6 Å². The number of rotatable bonds is 8. The summed E-state index contributed by atoms with van der Waals surface area (Å²) in [6.45, 7) is 10.8. The van der Waals surface area contributed by atoms with Crippen LogP contribution < -0.4 is 10.6 Å². The van der Waals surface area contributed by atoms with Crippen LogP contribution in [-0.2, 0) is 17.4 Å². The zero-order valence-corrected chi connectivity index (χ0v) is 20.7. The maximum atomic E-state index is 13.7. The van der Waals surface area contributed by atoms with Gasteiger partial charge < -0.3 is 20.8 Å². The topological polar surface area (TPSA) is 81.6 Å². The summed E-state index contributed by atoms with van der Waals surface area (Å²) in [6, 6.07) is 10.5. The number of carboxylic acid groups (broad SMARTS) is 1. The maximum absolute atomic E-state index is 13.7. The van der Waals surface area contributed by atoms with Crippen LogP contribution in [0, 0.1) is 11.6 Å². The molecule has 0 radical (unpaired) electrons. The number of halogens is 2. The number of benzene rings is 2.